The van der Waals surface area contributed by atoms with Crippen LogP contribution >= 0.6 is 0 Å². The van der Waals surface area contributed by atoms with Crippen molar-refractivity contribution in [2.24, 2.45) is 0 Å². The molecule has 0 unspecified atom stereocenters. The van der Waals surface area contributed by atoms with Crippen molar-refractivity contribution >= 4 is 5.69 Å². The third kappa shape index (κ3) is 2.73. The standard InChI is InChI=1S/C7H6F3NO2/c8-7(9,10)13-4-1-2-5(11)6(12)3-4/h1-3,12H,11H2. The molecule has 0 bridgehead atoms. The van der Waals surface area contributed by atoms with E-state index in [-0.39, 0.29) is 5.69 Å². The van der Waals surface area contributed by atoms with Crippen molar-refractivity contribution in [1.82, 2.24) is 0 Å². The van der Waals surface area contributed by atoms with Gasteiger partial charge in [-0.05, 0) is 12.1 Å². The van der Waals surface area contributed by atoms with Gasteiger partial charge in [0.05, 0.1) is 5.69 Å². The molecule has 0 aliphatic rings. The SMILES string of the molecule is Nc1ccc(OC(F)(F)F)cc1O. The molecule has 72 valence electrons. The maximum absolute atomic E-state index is 11.6. The first-order valence-electron chi connectivity index (χ1n) is 3.23. The number of nitrogens with two attached hydrogens (primary N) is 1. The van der Waals surface area contributed by atoms with Crippen molar-refractivity contribution in [1.29, 1.82) is 0 Å². The van der Waals surface area contributed by atoms with E-state index in [2.05, 4.69) is 4.74 Å². The number of hydrogen-bond acceptors (Lipinski definition) is 3. The summed E-state index contributed by atoms with van der Waals surface area (Å²) in [5, 5.41) is 8.92. The molecule has 0 saturated carbocycles. The van der Waals surface area contributed by atoms with E-state index in [0.29, 0.717) is 0 Å². The maximum atomic E-state index is 11.6. The van der Waals surface area contributed by atoms with Gasteiger partial charge in [0, 0.05) is 6.07 Å². The largest absolute Gasteiger partial charge is 0.573 e. The molecule has 0 saturated heterocycles. The fourth-order valence-electron chi connectivity index (χ4n) is 0.721. The van der Waals surface area contributed by atoms with Gasteiger partial charge in [-0.3, -0.25) is 0 Å². The minimum absolute atomic E-state index is 0.00507. The Morgan fingerprint density at radius 3 is 2.38 bits per heavy atom. The smallest absolute Gasteiger partial charge is 0.506 e. The molecule has 1 rings (SSSR count). The van der Waals surface area contributed by atoms with Gasteiger partial charge < -0.3 is 15.6 Å². The highest BCUT2D eigenvalue weighted by atomic mass is 19.4. The molecule has 0 fully saturated rings. The number of nitrogen functional groups attached to an aromatic ring is 1. The lowest BCUT2D eigenvalue weighted by Gasteiger charge is -2.09. The van der Waals surface area contributed by atoms with Crippen molar-refractivity contribution in [2.45, 2.75) is 6.36 Å². The van der Waals surface area contributed by atoms with E-state index in [1.54, 1.807) is 0 Å². The van der Waals surface area contributed by atoms with Crippen molar-refractivity contribution < 1.29 is 23.0 Å². The first-order valence-corrected chi connectivity index (χ1v) is 3.23. The number of hydrogen-bond donors (Lipinski definition) is 2. The summed E-state index contributed by atoms with van der Waals surface area (Å²) in [6.07, 6.45) is -4.76. The third-order valence-corrected chi connectivity index (χ3v) is 1.24. The minimum atomic E-state index is -4.76. The molecule has 0 amide bonds. The molecule has 0 aliphatic carbocycles. The topological polar surface area (TPSA) is 55.5 Å². The summed E-state index contributed by atoms with van der Waals surface area (Å²) in [5.41, 5.74) is 5.16. The van der Waals surface area contributed by atoms with Gasteiger partial charge in [0.25, 0.3) is 0 Å². The van der Waals surface area contributed by atoms with Crippen molar-refractivity contribution in [3.05, 3.63) is 18.2 Å². The van der Waals surface area contributed by atoms with E-state index in [1.807, 2.05) is 0 Å². The van der Waals surface area contributed by atoms with Crippen LogP contribution in [0.1, 0.15) is 0 Å². The van der Waals surface area contributed by atoms with Gasteiger partial charge in [0.15, 0.2) is 0 Å². The summed E-state index contributed by atoms with van der Waals surface area (Å²) in [5.74, 6) is -0.944. The minimum Gasteiger partial charge on any atom is -0.506 e. The fourth-order valence-corrected chi connectivity index (χ4v) is 0.721. The zero-order chi connectivity index (χ0) is 10.1. The lowest BCUT2D eigenvalue weighted by atomic mass is 10.3. The van der Waals surface area contributed by atoms with Crippen molar-refractivity contribution in [2.75, 3.05) is 5.73 Å². The molecule has 0 spiro atoms. The summed E-state index contributed by atoms with van der Waals surface area (Å²) in [4.78, 5) is 0. The number of anilines is 1. The van der Waals surface area contributed by atoms with Gasteiger partial charge in [-0.1, -0.05) is 0 Å². The van der Waals surface area contributed by atoms with Crippen LogP contribution in [-0.4, -0.2) is 11.5 Å². The number of ether oxygens (including phenoxy) is 1. The van der Waals surface area contributed by atoms with Gasteiger partial charge in [0.1, 0.15) is 11.5 Å². The molecule has 0 aromatic heterocycles. The normalized spacial score (nSPS) is 11.3. The number of alkyl halides is 3. The second-order valence-corrected chi connectivity index (χ2v) is 2.27. The molecule has 0 atom stereocenters. The molecular formula is C7H6F3NO2. The van der Waals surface area contributed by atoms with Gasteiger partial charge in [-0.15, -0.1) is 13.2 Å². The van der Waals surface area contributed by atoms with Gasteiger partial charge in [-0.25, -0.2) is 0 Å². The Balaban J connectivity index is 2.86. The molecule has 6 heteroatoms. The van der Waals surface area contributed by atoms with E-state index >= 15 is 0 Å². The molecule has 0 heterocycles. The molecule has 0 radical (unpaired) electrons. The van der Waals surface area contributed by atoms with Crippen molar-refractivity contribution in [3.63, 3.8) is 0 Å². The Bertz CT molecular complexity index is 311. The number of phenolic OH excluding ortho intramolecular Hbond substituents is 1. The van der Waals surface area contributed by atoms with E-state index < -0.39 is 17.9 Å². The molecular weight excluding hydrogens is 187 g/mol. The number of phenols is 1. The summed E-state index contributed by atoms with van der Waals surface area (Å²) in [6.45, 7) is 0. The number of halogens is 3. The van der Waals surface area contributed by atoms with Gasteiger partial charge in [0.2, 0.25) is 0 Å². The lowest BCUT2D eigenvalue weighted by Crippen LogP contribution is -2.17. The van der Waals surface area contributed by atoms with E-state index in [4.69, 9.17) is 10.8 Å². The Hall–Kier alpha value is -1.59. The van der Waals surface area contributed by atoms with Crippen molar-refractivity contribution in [3.8, 4) is 11.5 Å². The number of benzene rings is 1. The number of rotatable bonds is 1. The van der Waals surface area contributed by atoms with Crippen LogP contribution in [0.5, 0.6) is 11.5 Å². The van der Waals surface area contributed by atoms with Gasteiger partial charge >= 0.3 is 6.36 Å². The molecule has 3 N–H and O–H groups in total. The van der Waals surface area contributed by atoms with Crippen LogP contribution in [0, 0.1) is 0 Å². The van der Waals surface area contributed by atoms with Crippen LogP contribution in [0.25, 0.3) is 0 Å². The van der Waals surface area contributed by atoms with Crippen LogP contribution in [0.3, 0.4) is 0 Å². The van der Waals surface area contributed by atoms with Crippen LogP contribution in [0.4, 0.5) is 18.9 Å². The Morgan fingerprint density at radius 1 is 1.31 bits per heavy atom. The highest BCUT2D eigenvalue weighted by Crippen LogP contribution is 2.29. The second-order valence-electron chi connectivity index (χ2n) is 2.27. The summed E-state index contributed by atoms with van der Waals surface area (Å²) < 4.78 is 38.4. The van der Waals surface area contributed by atoms with Crippen LogP contribution in [-0.2, 0) is 0 Å². The quantitative estimate of drug-likeness (QED) is 0.528. The van der Waals surface area contributed by atoms with E-state index in [0.717, 1.165) is 18.2 Å². The van der Waals surface area contributed by atoms with Crippen LogP contribution < -0.4 is 10.5 Å². The fraction of sp³-hybridized carbons (Fsp3) is 0.143. The predicted molar refractivity (Wildman–Crippen MR) is 39.2 cm³/mol. The van der Waals surface area contributed by atoms with E-state index in [9.17, 15) is 13.2 Å². The highest BCUT2D eigenvalue weighted by Gasteiger charge is 2.31. The first kappa shape index (κ1) is 9.50. The zero-order valence-corrected chi connectivity index (χ0v) is 6.30. The predicted octanol–water partition coefficient (Wildman–Crippen LogP) is 1.87. The maximum Gasteiger partial charge on any atom is 0.573 e. The van der Waals surface area contributed by atoms with Gasteiger partial charge in [-0.2, -0.15) is 0 Å². The summed E-state index contributed by atoms with van der Waals surface area (Å²) in [6, 6.07) is 2.93. The lowest BCUT2D eigenvalue weighted by molar-refractivity contribution is -0.274. The average Bonchev–Trinajstić information content (AvgIpc) is 1.94. The Kier molecular flexibility index (Phi) is 2.22. The Morgan fingerprint density at radius 2 is 1.92 bits per heavy atom. The second kappa shape index (κ2) is 3.04. The number of aromatic hydroxyl groups is 1. The van der Waals surface area contributed by atoms with Crippen LogP contribution in [0.15, 0.2) is 18.2 Å². The van der Waals surface area contributed by atoms with E-state index in [1.165, 1.54) is 0 Å². The monoisotopic (exact) mass is 193 g/mol. The first-order chi connectivity index (χ1) is 5.88. The molecule has 1 aromatic rings. The Labute approximate surface area is 71.5 Å². The summed E-state index contributed by atoms with van der Waals surface area (Å²) >= 11 is 0. The average molecular weight is 193 g/mol. The zero-order valence-electron chi connectivity index (χ0n) is 6.30. The molecule has 1 aromatic carbocycles. The third-order valence-electron chi connectivity index (χ3n) is 1.24. The molecule has 3 nitrogen and oxygen atoms in total. The highest BCUT2D eigenvalue weighted by molar-refractivity contribution is 5.54. The van der Waals surface area contributed by atoms with Crippen LogP contribution in [0.2, 0.25) is 0 Å². The summed E-state index contributed by atoms with van der Waals surface area (Å²) in [7, 11) is 0. The molecule has 0 aliphatic heterocycles. The molecule has 13 heavy (non-hydrogen) atoms.